The first-order chi connectivity index (χ1) is 14.3. The van der Waals surface area contributed by atoms with Crippen LogP contribution in [0.5, 0.6) is 0 Å². The van der Waals surface area contributed by atoms with Crippen LogP contribution in [0.15, 0.2) is 42.6 Å². The fourth-order valence-electron chi connectivity index (χ4n) is 6.08. The average molecular weight is 387 g/mol. The number of fused-ring (bicyclic) bond motifs is 3. The number of rotatable bonds is 3. The van der Waals surface area contributed by atoms with E-state index in [4.69, 9.17) is 5.10 Å². The van der Waals surface area contributed by atoms with Gasteiger partial charge in [-0.2, -0.15) is 5.10 Å². The number of para-hydroxylation sites is 1. The lowest BCUT2D eigenvalue weighted by Gasteiger charge is -2.28. The van der Waals surface area contributed by atoms with Crippen molar-refractivity contribution in [3.05, 3.63) is 48.3 Å². The zero-order valence-corrected chi connectivity index (χ0v) is 17.2. The summed E-state index contributed by atoms with van der Waals surface area (Å²) in [5.74, 6) is 0.935. The first kappa shape index (κ1) is 17.6. The first-order valence-corrected chi connectivity index (χ1v) is 11.5. The third-order valence-corrected chi connectivity index (χ3v) is 7.69. The second kappa shape index (κ2) is 6.94. The van der Waals surface area contributed by atoms with Crippen LogP contribution in [0.25, 0.3) is 22.2 Å². The fraction of sp³-hybridized carbons (Fsp3) is 0.520. The Labute approximate surface area is 172 Å². The molecule has 1 unspecified atom stereocenters. The van der Waals surface area contributed by atoms with E-state index in [0.29, 0.717) is 5.41 Å². The molecular formula is C25H30N4. The van der Waals surface area contributed by atoms with Crippen molar-refractivity contribution in [1.82, 2.24) is 19.7 Å². The Hall–Kier alpha value is -2.20. The number of aryl methyl sites for hydroxylation is 1. The molecule has 2 aliphatic heterocycles. The van der Waals surface area contributed by atoms with Crippen LogP contribution in [0.3, 0.4) is 0 Å². The largest absolute Gasteiger partial charge is 0.302 e. The monoisotopic (exact) mass is 386 g/mol. The minimum Gasteiger partial charge on any atom is -0.302 e. The fourth-order valence-corrected chi connectivity index (χ4v) is 6.08. The summed E-state index contributed by atoms with van der Waals surface area (Å²) in [7, 11) is 0. The lowest BCUT2D eigenvalue weighted by Crippen LogP contribution is -2.32. The van der Waals surface area contributed by atoms with E-state index in [1.807, 2.05) is 12.3 Å². The summed E-state index contributed by atoms with van der Waals surface area (Å²) in [4.78, 5) is 7.41. The maximum absolute atomic E-state index is 4.99. The van der Waals surface area contributed by atoms with E-state index in [1.165, 1.54) is 75.7 Å². The van der Waals surface area contributed by atoms with Gasteiger partial charge in [0.15, 0.2) is 0 Å². The molecule has 0 bridgehead atoms. The highest BCUT2D eigenvalue weighted by atomic mass is 15.3. The number of aromatic nitrogens is 3. The molecule has 1 spiro atoms. The molecule has 1 saturated heterocycles. The molecule has 29 heavy (non-hydrogen) atoms. The Kier molecular flexibility index (Phi) is 4.22. The van der Waals surface area contributed by atoms with Crippen molar-refractivity contribution in [3.8, 4) is 11.3 Å². The predicted octanol–water partition coefficient (Wildman–Crippen LogP) is 5.03. The predicted molar refractivity (Wildman–Crippen MR) is 117 cm³/mol. The molecule has 4 heterocycles. The van der Waals surface area contributed by atoms with Gasteiger partial charge in [-0.1, -0.05) is 37.5 Å². The molecule has 6 rings (SSSR count). The molecule has 2 aromatic heterocycles. The number of nitrogens with zero attached hydrogens (tertiary/aromatic N) is 4. The van der Waals surface area contributed by atoms with Gasteiger partial charge in [-0.15, -0.1) is 0 Å². The van der Waals surface area contributed by atoms with Gasteiger partial charge in [-0.05, 0) is 56.3 Å². The average Bonchev–Trinajstić information content (AvgIpc) is 3.45. The minimum atomic E-state index is 0.324. The quantitative estimate of drug-likeness (QED) is 0.633. The molecular weight excluding hydrogens is 356 g/mol. The lowest BCUT2D eigenvalue weighted by atomic mass is 9.82. The molecule has 1 atom stereocenters. The maximum Gasteiger partial charge on any atom is 0.0941 e. The van der Waals surface area contributed by atoms with Crippen LogP contribution >= 0.6 is 0 Å². The van der Waals surface area contributed by atoms with E-state index < -0.39 is 0 Å². The number of benzene rings is 1. The van der Waals surface area contributed by atoms with Crippen molar-refractivity contribution in [3.63, 3.8) is 0 Å². The van der Waals surface area contributed by atoms with Gasteiger partial charge in [0.1, 0.15) is 0 Å². The van der Waals surface area contributed by atoms with Gasteiger partial charge in [0.05, 0.1) is 11.2 Å². The number of hydrogen-bond acceptors (Lipinski definition) is 3. The maximum atomic E-state index is 4.99. The van der Waals surface area contributed by atoms with Crippen molar-refractivity contribution in [2.45, 2.75) is 56.9 Å². The van der Waals surface area contributed by atoms with E-state index in [0.717, 1.165) is 29.2 Å². The third-order valence-electron chi connectivity index (χ3n) is 7.69. The summed E-state index contributed by atoms with van der Waals surface area (Å²) in [6.45, 7) is 4.87. The van der Waals surface area contributed by atoms with Crippen molar-refractivity contribution in [2.24, 2.45) is 5.92 Å². The number of likely N-dealkylation sites (tertiary alicyclic amines) is 1. The second-order valence-corrected chi connectivity index (χ2v) is 9.57. The molecule has 4 heteroatoms. The van der Waals surface area contributed by atoms with Gasteiger partial charge in [0.2, 0.25) is 0 Å². The van der Waals surface area contributed by atoms with Crippen molar-refractivity contribution in [2.75, 3.05) is 19.6 Å². The van der Waals surface area contributed by atoms with E-state index in [-0.39, 0.29) is 0 Å². The molecule has 0 radical (unpaired) electrons. The second-order valence-electron chi connectivity index (χ2n) is 9.57. The Bertz CT molecular complexity index is 1030. The standard InChI is InChI=1S/C25H30N4/c1-2-6-19(7-3-1)17-28-12-10-25(18-28)11-13-29-24(25)15-23(27-29)21-14-20-8-4-5-9-22(20)26-16-21/h4-5,8-9,14-16,19H,1-3,6-7,10-13,17-18H2. The molecule has 1 aromatic carbocycles. The van der Waals surface area contributed by atoms with Crippen LogP contribution in [-0.4, -0.2) is 39.3 Å². The SMILES string of the molecule is c1ccc2ncc(-c3cc4n(n3)CCC43CCN(CC4CCCCC4)C3)cc2c1. The van der Waals surface area contributed by atoms with Crippen LogP contribution in [0.1, 0.15) is 50.6 Å². The normalized spacial score (nSPS) is 25.2. The third kappa shape index (κ3) is 3.09. The van der Waals surface area contributed by atoms with Crippen LogP contribution in [0, 0.1) is 5.92 Å². The summed E-state index contributed by atoms with van der Waals surface area (Å²) in [5.41, 5.74) is 5.06. The minimum absolute atomic E-state index is 0.324. The van der Waals surface area contributed by atoms with Crippen LogP contribution in [-0.2, 0) is 12.0 Å². The highest BCUT2D eigenvalue weighted by Gasteiger charge is 2.45. The smallest absolute Gasteiger partial charge is 0.0941 e. The van der Waals surface area contributed by atoms with Crippen LogP contribution < -0.4 is 0 Å². The molecule has 3 aliphatic rings. The highest BCUT2D eigenvalue weighted by molar-refractivity contribution is 5.82. The van der Waals surface area contributed by atoms with Crippen molar-refractivity contribution < 1.29 is 0 Å². The van der Waals surface area contributed by atoms with Gasteiger partial charge in [-0.3, -0.25) is 9.67 Å². The molecule has 3 aromatic rings. The zero-order chi connectivity index (χ0) is 19.3. The molecule has 1 aliphatic carbocycles. The Balaban J connectivity index is 1.25. The van der Waals surface area contributed by atoms with Gasteiger partial charge in [0, 0.05) is 47.9 Å². The van der Waals surface area contributed by atoms with Gasteiger partial charge in [-0.25, -0.2) is 0 Å². The summed E-state index contributed by atoms with van der Waals surface area (Å²) >= 11 is 0. The molecule has 2 fully saturated rings. The lowest BCUT2D eigenvalue weighted by molar-refractivity contribution is 0.223. The molecule has 0 amide bonds. The zero-order valence-electron chi connectivity index (χ0n) is 17.2. The molecule has 1 saturated carbocycles. The number of hydrogen-bond donors (Lipinski definition) is 0. The van der Waals surface area contributed by atoms with Crippen molar-refractivity contribution in [1.29, 1.82) is 0 Å². The van der Waals surface area contributed by atoms with E-state index in [2.05, 4.69) is 44.9 Å². The van der Waals surface area contributed by atoms with E-state index >= 15 is 0 Å². The topological polar surface area (TPSA) is 34.0 Å². The van der Waals surface area contributed by atoms with Gasteiger partial charge >= 0.3 is 0 Å². The summed E-state index contributed by atoms with van der Waals surface area (Å²) in [5, 5.41) is 6.17. The molecule has 4 nitrogen and oxygen atoms in total. The van der Waals surface area contributed by atoms with Crippen LogP contribution in [0.2, 0.25) is 0 Å². The molecule has 0 N–H and O–H groups in total. The highest BCUT2D eigenvalue weighted by Crippen LogP contribution is 2.44. The first-order valence-electron chi connectivity index (χ1n) is 11.5. The Morgan fingerprint density at radius 3 is 2.79 bits per heavy atom. The van der Waals surface area contributed by atoms with Crippen LogP contribution in [0.4, 0.5) is 0 Å². The summed E-state index contributed by atoms with van der Waals surface area (Å²) in [6.07, 6.45) is 11.8. The summed E-state index contributed by atoms with van der Waals surface area (Å²) < 4.78 is 2.29. The number of pyridine rings is 1. The summed E-state index contributed by atoms with van der Waals surface area (Å²) in [6, 6.07) is 12.9. The Morgan fingerprint density at radius 1 is 1.00 bits per heavy atom. The van der Waals surface area contributed by atoms with Gasteiger partial charge in [0.25, 0.3) is 0 Å². The Morgan fingerprint density at radius 2 is 1.86 bits per heavy atom. The van der Waals surface area contributed by atoms with Crippen molar-refractivity contribution >= 4 is 10.9 Å². The van der Waals surface area contributed by atoms with Gasteiger partial charge < -0.3 is 4.90 Å². The van der Waals surface area contributed by atoms with E-state index in [9.17, 15) is 0 Å². The van der Waals surface area contributed by atoms with E-state index in [1.54, 1.807) is 0 Å². The molecule has 150 valence electrons.